The SMILES string of the molecule is N#CC1(C(O)c2cccc(Br)c2)CCc2ccccc2C1. The zero-order valence-electron chi connectivity index (χ0n) is 11.6. The molecule has 0 heterocycles. The number of rotatable bonds is 2. The van der Waals surface area contributed by atoms with E-state index in [1.165, 1.54) is 11.1 Å². The Morgan fingerprint density at radius 2 is 1.90 bits per heavy atom. The molecule has 3 rings (SSSR count). The maximum absolute atomic E-state index is 10.8. The van der Waals surface area contributed by atoms with Crippen LogP contribution in [0.5, 0.6) is 0 Å². The maximum atomic E-state index is 10.8. The van der Waals surface area contributed by atoms with Crippen LogP contribution in [0.1, 0.15) is 29.2 Å². The number of nitriles is 1. The summed E-state index contributed by atoms with van der Waals surface area (Å²) in [5.41, 5.74) is 2.53. The predicted octanol–water partition coefficient (Wildman–Crippen LogP) is 4.18. The van der Waals surface area contributed by atoms with E-state index in [4.69, 9.17) is 0 Å². The van der Waals surface area contributed by atoms with Crippen molar-refractivity contribution in [3.8, 4) is 6.07 Å². The van der Waals surface area contributed by atoms with Gasteiger partial charge in [-0.3, -0.25) is 0 Å². The van der Waals surface area contributed by atoms with Crippen LogP contribution in [0.15, 0.2) is 53.0 Å². The lowest BCUT2D eigenvalue weighted by Gasteiger charge is -2.36. The number of hydrogen-bond acceptors (Lipinski definition) is 2. The number of halogens is 1. The van der Waals surface area contributed by atoms with E-state index in [2.05, 4.69) is 34.1 Å². The molecule has 21 heavy (non-hydrogen) atoms. The Bertz CT molecular complexity index is 706. The van der Waals surface area contributed by atoms with Crippen molar-refractivity contribution in [2.45, 2.75) is 25.4 Å². The lowest BCUT2D eigenvalue weighted by Crippen LogP contribution is -2.34. The van der Waals surface area contributed by atoms with E-state index in [-0.39, 0.29) is 0 Å². The summed E-state index contributed by atoms with van der Waals surface area (Å²) in [5.74, 6) is 0. The summed E-state index contributed by atoms with van der Waals surface area (Å²) < 4.78 is 0.920. The van der Waals surface area contributed by atoms with Gasteiger partial charge in [0.2, 0.25) is 0 Å². The number of aliphatic hydroxyl groups excluding tert-OH is 1. The van der Waals surface area contributed by atoms with Crippen molar-refractivity contribution in [2.75, 3.05) is 0 Å². The van der Waals surface area contributed by atoms with E-state index in [1.807, 2.05) is 36.4 Å². The molecule has 0 saturated carbocycles. The molecule has 0 saturated heterocycles. The van der Waals surface area contributed by atoms with Gasteiger partial charge in [0, 0.05) is 4.47 Å². The smallest absolute Gasteiger partial charge is 0.0980 e. The first kappa shape index (κ1) is 14.3. The van der Waals surface area contributed by atoms with Crippen LogP contribution in [-0.2, 0) is 12.8 Å². The average molecular weight is 342 g/mol. The number of aryl methyl sites for hydroxylation is 1. The van der Waals surface area contributed by atoms with Gasteiger partial charge in [0.1, 0.15) is 0 Å². The van der Waals surface area contributed by atoms with Crippen LogP contribution in [0.4, 0.5) is 0 Å². The molecule has 1 N–H and O–H groups in total. The zero-order valence-corrected chi connectivity index (χ0v) is 13.2. The van der Waals surface area contributed by atoms with Gasteiger partial charge in [-0.2, -0.15) is 5.26 Å². The monoisotopic (exact) mass is 341 g/mol. The minimum atomic E-state index is -0.770. The number of aliphatic hydroxyl groups is 1. The third-order valence-electron chi connectivity index (χ3n) is 4.38. The van der Waals surface area contributed by atoms with Gasteiger partial charge < -0.3 is 5.11 Å². The molecule has 0 radical (unpaired) electrons. The highest BCUT2D eigenvalue weighted by Gasteiger charge is 2.41. The van der Waals surface area contributed by atoms with Crippen LogP contribution >= 0.6 is 15.9 Å². The largest absolute Gasteiger partial charge is 0.387 e. The van der Waals surface area contributed by atoms with Gasteiger partial charge >= 0.3 is 0 Å². The summed E-state index contributed by atoms with van der Waals surface area (Å²) in [6, 6.07) is 18.2. The van der Waals surface area contributed by atoms with Gasteiger partial charge in [0.25, 0.3) is 0 Å². The molecule has 0 bridgehead atoms. The first-order valence-electron chi connectivity index (χ1n) is 7.06. The van der Waals surface area contributed by atoms with Crippen LogP contribution in [0.25, 0.3) is 0 Å². The van der Waals surface area contributed by atoms with Gasteiger partial charge in [0.05, 0.1) is 17.6 Å². The summed E-state index contributed by atoms with van der Waals surface area (Å²) in [7, 11) is 0. The Labute approximate surface area is 133 Å². The Hall–Kier alpha value is -1.63. The van der Waals surface area contributed by atoms with E-state index in [0.29, 0.717) is 12.8 Å². The molecule has 2 aromatic carbocycles. The highest BCUT2D eigenvalue weighted by Crippen LogP contribution is 2.44. The minimum Gasteiger partial charge on any atom is -0.387 e. The van der Waals surface area contributed by atoms with E-state index in [0.717, 1.165) is 16.5 Å². The molecule has 2 atom stereocenters. The first-order chi connectivity index (χ1) is 10.1. The molecule has 1 aliphatic rings. The molecule has 1 aliphatic carbocycles. The van der Waals surface area contributed by atoms with Crippen molar-refractivity contribution in [3.05, 3.63) is 69.7 Å². The van der Waals surface area contributed by atoms with Gasteiger partial charge in [-0.1, -0.05) is 52.3 Å². The average Bonchev–Trinajstić information content (AvgIpc) is 2.53. The Morgan fingerprint density at radius 1 is 1.14 bits per heavy atom. The third-order valence-corrected chi connectivity index (χ3v) is 4.87. The maximum Gasteiger partial charge on any atom is 0.0980 e. The molecule has 0 fully saturated rings. The Balaban J connectivity index is 1.97. The Kier molecular flexibility index (Phi) is 3.84. The molecular weight excluding hydrogens is 326 g/mol. The standard InChI is InChI=1S/C18H16BrNO/c19-16-7-3-6-14(10-16)17(21)18(12-20)9-8-13-4-1-2-5-15(13)11-18/h1-7,10,17,21H,8-9,11H2. The first-order valence-corrected chi connectivity index (χ1v) is 7.85. The van der Waals surface area contributed by atoms with Crippen molar-refractivity contribution in [2.24, 2.45) is 5.41 Å². The summed E-state index contributed by atoms with van der Waals surface area (Å²) in [6.45, 7) is 0. The normalized spacial score (nSPS) is 22.1. The summed E-state index contributed by atoms with van der Waals surface area (Å²) in [6.07, 6.45) is 1.37. The van der Waals surface area contributed by atoms with Crippen LogP contribution < -0.4 is 0 Å². The molecule has 106 valence electrons. The van der Waals surface area contributed by atoms with Gasteiger partial charge in [-0.25, -0.2) is 0 Å². The summed E-state index contributed by atoms with van der Waals surface area (Å²) >= 11 is 3.43. The van der Waals surface area contributed by atoms with Gasteiger partial charge in [0.15, 0.2) is 0 Å². The quantitative estimate of drug-likeness (QED) is 0.890. The van der Waals surface area contributed by atoms with Crippen molar-refractivity contribution < 1.29 is 5.11 Å². The fourth-order valence-electron chi connectivity index (χ4n) is 3.15. The second kappa shape index (κ2) is 5.63. The van der Waals surface area contributed by atoms with Gasteiger partial charge in [-0.05, 0) is 48.1 Å². The second-order valence-corrected chi connectivity index (χ2v) is 6.59. The minimum absolute atomic E-state index is 0.605. The van der Waals surface area contributed by atoms with E-state index in [9.17, 15) is 10.4 Å². The summed E-state index contributed by atoms with van der Waals surface area (Å²) in [4.78, 5) is 0. The number of fused-ring (bicyclic) bond motifs is 1. The number of hydrogen-bond donors (Lipinski definition) is 1. The lowest BCUT2D eigenvalue weighted by molar-refractivity contribution is 0.0525. The fraction of sp³-hybridized carbons (Fsp3) is 0.278. The van der Waals surface area contributed by atoms with Crippen LogP contribution in [-0.4, -0.2) is 5.11 Å². The zero-order chi connectivity index (χ0) is 14.9. The van der Waals surface area contributed by atoms with Crippen molar-refractivity contribution in [1.29, 1.82) is 5.26 Å². The molecule has 0 spiro atoms. The van der Waals surface area contributed by atoms with Crippen LogP contribution in [0.2, 0.25) is 0 Å². The van der Waals surface area contributed by atoms with E-state index < -0.39 is 11.5 Å². The fourth-order valence-corrected chi connectivity index (χ4v) is 3.56. The molecule has 0 aromatic heterocycles. The van der Waals surface area contributed by atoms with Crippen LogP contribution in [0.3, 0.4) is 0 Å². The molecular formula is C18H16BrNO. The highest BCUT2D eigenvalue weighted by molar-refractivity contribution is 9.10. The third kappa shape index (κ3) is 2.62. The van der Waals surface area contributed by atoms with Crippen molar-refractivity contribution >= 4 is 15.9 Å². The second-order valence-electron chi connectivity index (χ2n) is 5.67. The molecule has 2 unspecified atom stereocenters. The van der Waals surface area contributed by atoms with Crippen LogP contribution in [0, 0.1) is 16.7 Å². The number of benzene rings is 2. The molecule has 2 aromatic rings. The molecule has 2 nitrogen and oxygen atoms in total. The van der Waals surface area contributed by atoms with E-state index in [1.54, 1.807) is 0 Å². The molecule has 0 aliphatic heterocycles. The van der Waals surface area contributed by atoms with Gasteiger partial charge in [-0.15, -0.1) is 0 Å². The van der Waals surface area contributed by atoms with E-state index >= 15 is 0 Å². The Morgan fingerprint density at radius 3 is 2.62 bits per heavy atom. The lowest BCUT2D eigenvalue weighted by atomic mass is 9.67. The highest BCUT2D eigenvalue weighted by atomic mass is 79.9. The number of nitrogens with zero attached hydrogens (tertiary/aromatic N) is 1. The van der Waals surface area contributed by atoms with Crippen molar-refractivity contribution in [3.63, 3.8) is 0 Å². The topological polar surface area (TPSA) is 44.0 Å². The van der Waals surface area contributed by atoms with Crippen molar-refractivity contribution in [1.82, 2.24) is 0 Å². The molecule has 3 heteroatoms. The summed E-state index contributed by atoms with van der Waals surface area (Å²) in [5, 5.41) is 20.5. The molecule has 0 amide bonds. The predicted molar refractivity (Wildman–Crippen MR) is 85.6 cm³/mol.